The van der Waals surface area contributed by atoms with Crippen LogP contribution in [0.25, 0.3) is 11.1 Å². The zero-order valence-electron chi connectivity index (χ0n) is 8.67. The molecule has 0 aliphatic heterocycles. The number of benzene rings is 1. The van der Waals surface area contributed by atoms with Gasteiger partial charge >= 0.3 is 5.97 Å². The number of aliphatic hydroxyl groups excluding tert-OH is 1. The van der Waals surface area contributed by atoms with Crippen LogP contribution >= 0.6 is 0 Å². The maximum Gasteiger partial charge on any atom is 0.332 e. The lowest BCUT2D eigenvalue weighted by Crippen LogP contribution is -2.21. The third kappa shape index (κ3) is 2.04. The van der Waals surface area contributed by atoms with Gasteiger partial charge in [-0.1, -0.05) is 6.07 Å². The van der Waals surface area contributed by atoms with Crippen LogP contribution in [0.1, 0.15) is 11.5 Å². The van der Waals surface area contributed by atoms with E-state index in [2.05, 4.69) is 4.98 Å². The van der Waals surface area contributed by atoms with Crippen molar-refractivity contribution in [2.45, 2.75) is 19.4 Å². The molecule has 0 fully saturated rings. The van der Waals surface area contributed by atoms with E-state index >= 15 is 0 Å². The van der Waals surface area contributed by atoms with Crippen LogP contribution in [0.2, 0.25) is 0 Å². The van der Waals surface area contributed by atoms with Crippen molar-refractivity contribution >= 4 is 17.1 Å². The summed E-state index contributed by atoms with van der Waals surface area (Å²) in [5.41, 5.74) is 2.04. The van der Waals surface area contributed by atoms with Crippen LogP contribution in [0.5, 0.6) is 0 Å². The highest BCUT2D eigenvalue weighted by molar-refractivity contribution is 5.75. The van der Waals surface area contributed by atoms with Gasteiger partial charge in [0, 0.05) is 13.3 Å². The Kier molecular flexibility index (Phi) is 2.62. The number of oxazole rings is 1. The number of aromatic nitrogens is 1. The third-order valence-electron chi connectivity index (χ3n) is 2.27. The van der Waals surface area contributed by atoms with Crippen molar-refractivity contribution in [2.24, 2.45) is 0 Å². The van der Waals surface area contributed by atoms with E-state index in [1.54, 1.807) is 25.1 Å². The van der Waals surface area contributed by atoms with E-state index in [4.69, 9.17) is 9.52 Å². The summed E-state index contributed by atoms with van der Waals surface area (Å²) in [6.45, 7) is 1.74. The molecule has 1 aromatic carbocycles. The molecule has 0 radical (unpaired) electrons. The Bertz CT molecular complexity index is 532. The minimum Gasteiger partial charge on any atom is -0.479 e. The predicted molar refractivity (Wildman–Crippen MR) is 56.1 cm³/mol. The van der Waals surface area contributed by atoms with Crippen molar-refractivity contribution in [3.63, 3.8) is 0 Å². The Labute approximate surface area is 91.3 Å². The highest BCUT2D eigenvalue weighted by Gasteiger charge is 2.14. The van der Waals surface area contributed by atoms with Crippen LogP contribution in [-0.4, -0.2) is 27.3 Å². The van der Waals surface area contributed by atoms with Gasteiger partial charge in [0.05, 0.1) is 0 Å². The molecule has 84 valence electrons. The number of aliphatic carboxylic acids is 1. The molecule has 1 unspecified atom stereocenters. The minimum atomic E-state index is -1.39. The first kappa shape index (κ1) is 10.6. The summed E-state index contributed by atoms with van der Waals surface area (Å²) < 4.78 is 5.31. The second-order valence-corrected chi connectivity index (χ2v) is 3.59. The number of aliphatic hydroxyl groups is 1. The Balaban J connectivity index is 2.28. The standard InChI is InChI=1S/C11H11NO4/c1-6-12-8-3-2-7(5-10(8)16-6)4-9(13)11(14)15/h2-3,5,9,13H,4H2,1H3,(H,14,15). The number of hydrogen-bond acceptors (Lipinski definition) is 4. The topological polar surface area (TPSA) is 83.6 Å². The van der Waals surface area contributed by atoms with E-state index in [9.17, 15) is 9.90 Å². The van der Waals surface area contributed by atoms with Crippen LogP contribution in [0.4, 0.5) is 0 Å². The maximum atomic E-state index is 10.5. The largest absolute Gasteiger partial charge is 0.479 e. The minimum absolute atomic E-state index is 0.0605. The Morgan fingerprint density at radius 2 is 2.31 bits per heavy atom. The first-order valence-electron chi connectivity index (χ1n) is 4.83. The molecule has 0 aliphatic carbocycles. The van der Waals surface area contributed by atoms with E-state index in [0.29, 0.717) is 17.0 Å². The first-order valence-corrected chi connectivity index (χ1v) is 4.83. The first-order chi connectivity index (χ1) is 7.56. The van der Waals surface area contributed by atoms with E-state index in [1.165, 1.54) is 0 Å². The predicted octanol–water partition coefficient (Wildman–Crippen LogP) is 1.12. The van der Waals surface area contributed by atoms with E-state index in [-0.39, 0.29) is 6.42 Å². The molecule has 16 heavy (non-hydrogen) atoms. The number of hydrogen-bond donors (Lipinski definition) is 2. The lowest BCUT2D eigenvalue weighted by Gasteiger charge is -2.04. The molecule has 0 saturated carbocycles. The van der Waals surface area contributed by atoms with Crippen LogP contribution in [0.15, 0.2) is 22.6 Å². The molecule has 0 aliphatic rings. The lowest BCUT2D eigenvalue weighted by molar-refractivity contribution is -0.146. The summed E-state index contributed by atoms with van der Waals surface area (Å²) in [6, 6.07) is 5.17. The van der Waals surface area contributed by atoms with E-state index in [1.807, 2.05) is 0 Å². The highest BCUT2D eigenvalue weighted by Crippen LogP contribution is 2.17. The number of nitrogens with zero attached hydrogens (tertiary/aromatic N) is 1. The number of carboxylic acids is 1. The fraction of sp³-hybridized carbons (Fsp3) is 0.273. The van der Waals surface area contributed by atoms with Crippen LogP contribution in [-0.2, 0) is 11.2 Å². The number of fused-ring (bicyclic) bond motifs is 1. The van der Waals surface area contributed by atoms with Gasteiger partial charge in [-0.05, 0) is 17.7 Å². The number of rotatable bonds is 3. The number of carboxylic acid groups (broad SMARTS) is 1. The molecular weight excluding hydrogens is 210 g/mol. The van der Waals surface area contributed by atoms with Crippen molar-refractivity contribution in [1.82, 2.24) is 4.98 Å². The van der Waals surface area contributed by atoms with Crippen molar-refractivity contribution in [1.29, 1.82) is 0 Å². The zero-order chi connectivity index (χ0) is 11.7. The molecule has 0 spiro atoms. The van der Waals surface area contributed by atoms with Crippen molar-refractivity contribution in [2.75, 3.05) is 0 Å². The fourth-order valence-corrected chi connectivity index (χ4v) is 1.52. The second-order valence-electron chi connectivity index (χ2n) is 3.59. The third-order valence-corrected chi connectivity index (χ3v) is 2.27. The average molecular weight is 221 g/mol. The number of carbonyl (C=O) groups is 1. The summed E-state index contributed by atoms with van der Waals surface area (Å²) in [5, 5.41) is 17.8. The molecule has 1 aromatic heterocycles. The summed E-state index contributed by atoms with van der Waals surface area (Å²) in [6.07, 6.45) is -1.33. The monoisotopic (exact) mass is 221 g/mol. The Morgan fingerprint density at radius 3 is 3.00 bits per heavy atom. The van der Waals surface area contributed by atoms with Gasteiger partial charge in [-0.2, -0.15) is 0 Å². The Morgan fingerprint density at radius 1 is 1.56 bits per heavy atom. The molecule has 0 saturated heterocycles. The molecule has 2 aromatic rings. The lowest BCUT2D eigenvalue weighted by atomic mass is 10.1. The van der Waals surface area contributed by atoms with Crippen LogP contribution < -0.4 is 0 Å². The fourth-order valence-electron chi connectivity index (χ4n) is 1.52. The van der Waals surface area contributed by atoms with E-state index in [0.717, 1.165) is 5.52 Å². The summed E-state index contributed by atoms with van der Waals surface area (Å²) in [7, 11) is 0. The quantitative estimate of drug-likeness (QED) is 0.811. The molecule has 0 amide bonds. The summed E-state index contributed by atoms with van der Waals surface area (Å²) in [4.78, 5) is 14.6. The molecule has 5 heteroatoms. The van der Waals surface area contributed by atoms with Gasteiger partial charge < -0.3 is 14.6 Å². The highest BCUT2D eigenvalue weighted by atomic mass is 16.4. The van der Waals surface area contributed by atoms with Gasteiger partial charge in [0.2, 0.25) is 0 Å². The van der Waals surface area contributed by atoms with Gasteiger partial charge in [0.1, 0.15) is 5.52 Å². The van der Waals surface area contributed by atoms with Crippen LogP contribution in [0, 0.1) is 6.92 Å². The van der Waals surface area contributed by atoms with Gasteiger partial charge in [-0.3, -0.25) is 0 Å². The van der Waals surface area contributed by atoms with Gasteiger partial charge in [-0.25, -0.2) is 9.78 Å². The average Bonchev–Trinajstić information content (AvgIpc) is 2.57. The maximum absolute atomic E-state index is 10.5. The van der Waals surface area contributed by atoms with Crippen LogP contribution in [0.3, 0.4) is 0 Å². The normalized spacial score (nSPS) is 12.9. The SMILES string of the molecule is Cc1nc2ccc(CC(O)C(=O)O)cc2o1. The zero-order valence-corrected chi connectivity index (χ0v) is 8.67. The van der Waals surface area contributed by atoms with Crippen molar-refractivity contribution in [3.05, 3.63) is 29.7 Å². The molecule has 2 rings (SSSR count). The molecular formula is C11H11NO4. The summed E-state index contributed by atoms with van der Waals surface area (Å²) in [5.74, 6) is -0.667. The van der Waals surface area contributed by atoms with E-state index < -0.39 is 12.1 Å². The number of aryl methyl sites for hydroxylation is 1. The molecule has 2 N–H and O–H groups in total. The second kappa shape index (κ2) is 3.94. The van der Waals surface area contributed by atoms with Gasteiger partial charge in [-0.15, -0.1) is 0 Å². The van der Waals surface area contributed by atoms with Crippen molar-refractivity contribution in [3.8, 4) is 0 Å². The molecule has 1 atom stereocenters. The molecule has 0 bridgehead atoms. The molecule has 1 heterocycles. The summed E-state index contributed by atoms with van der Waals surface area (Å²) >= 11 is 0. The van der Waals surface area contributed by atoms with Gasteiger partial charge in [0.15, 0.2) is 17.6 Å². The van der Waals surface area contributed by atoms with Crippen molar-refractivity contribution < 1.29 is 19.4 Å². The Hall–Kier alpha value is -1.88. The smallest absolute Gasteiger partial charge is 0.332 e. The van der Waals surface area contributed by atoms with Gasteiger partial charge in [0.25, 0.3) is 0 Å². The molecule has 5 nitrogen and oxygen atoms in total.